The summed E-state index contributed by atoms with van der Waals surface area (Å²) in [6, 6.07) is 11.8. The van der Waals surface area contributed by atoms with E-state index in [0.29, 0.717) is 12.1 Å². The molecule has 0 aromatic heterocycles. The second-order valence-corrected chi connectivity index (χ2v) is 5.45. The van der Waals surface area contributed by atoms with Crippen LogP contribution in [0.2, 0.25) is 0 Å². The molecule has 0 amide bonds. The number of benzene rings is 1. The fourth-order valence-corrected chi connectivity index (χ4v) is 3.48. The molecule has 2 aliphatic rings. The maximum absolute atomic E-state index is 10.1. The average molecular weight is 231 g/mol. The Hall–Kier alpha value is -0.860. The van der Waals surface area contributed by atoms with Crippen LogP contribution < -0.4 is 0 Å². The maximum Gasteiger partial charge on any atom is 0.0696 e. The maximum atomic E-state index is 10.1. The SMILES string of the molecule is O[C@@H]1CC[C@H]2CCC[C@@H]1N2Cc1ccccc1. The van der Waals surface area contributed by atoms with Crippen molar-refractivity contribution >= 4 is 0 Å². The van der Waals surface area contributed by atoms with Crippen molar-refractivity contribution < 1.29 is 5.11 Å². The van der Waals surface area contributed by atoms with E-state index in [-0.39, 0.29) is 6.10 Å². The molecule has 92 valence electrons. The molecule has 0 radical (unpaired) electrons. The zero-order valence-corrected chi connectivity index (χ0v) is 10.3. The standard InChI is InChI=1S/C15H21NO/c17-15-10-9-13-7-4-8-14(15)16(13)11-12-5-2-1-3-6-12/h1-3,5-6,13-15,17H,4,7-11H2/t13-,14+,15-/m1/s1. The monoisotopic (exact) mass is 231 g/mol. The van der Waals surface area contributed by atoms with Crippen LogP contribution in [-0.4, -0.2) is 28.2 Å². The molecular weight excluding hydrogens is 210 g/mol. The van der Waals surface area contributed by atoms with Gasteiger partial charge in [-0.05, 0) is 31.2 Å². The molecule has 17 heavy (non-hydrogen) atoms. The van der Waals surface area contributed by atoms with Crippen LogP contribution in [0, 0.1) is 0 Å². The van der Waals surface area contributed by atoms with E-state index in [1.165, 1.54) is 31.2 Å². The second-order valence-electron chi connectivity index (χ2n) is 5.45. The largest absolute Gasteiger partial charge is 0.391 e. The van der Waals surface area contributed by atoms with Gasteiger partial charge >= 0.3 is 0 Å². The first-order valence-corrected chi connectivity index (χ1v) is 6.82. The van der Waals surface area contributed by atoms with Gasteiger partial charge in [-0.2, -0.15) is 0 Å². The fourth-order valence-electron chi connectivity index (χ4n) is 3.48. The highest BCUT2D eigenvalue weighted by Gasteiger charge is 2.38. The van der Waals surface area contributed by atoms with Crippen molar-refractivity contribution in [2.45, 2.75) is 56.8 Å². The molecule has 3 atom stereocenters. The Kier molecular flexibility index (Phi) is 3.17. The predicted octanol–water partition coefficient (Wildman–Crippen LogP) is 2.56. The summed E-state index contributed by atoms with van der Waals surface area (Å²) >= 11 is 0. The molecule has 2 fully saturated rings. The lowest BCUT2D eigenvalue weighted by Crippen LogP contribution is -2.55. The van der Waals surface area contributed by atoms with Crippen LogP contribution in [0.4, 0.5) is 0 Å². The van der Waals surface area contributed by atoms with Gasteiger partial charge in [-0.25, -0.2) is 0 Å². The molecule has 0 spiro atoms. The van der Waals surface area contributed by atoms with E-state index in [1.807, 2.05) is 0 Å². The van der Waals surface area contributed by atoms with E-state index in [4.69, 9.17) is 0 Å². The number of nitrogens with zero attached hydrogens (tertiary/aromatic N) is 1. The molecule has 1 aromatic carbocycles. The Morgan fingerprint density at radius 2 is 1.88 bits per heavy atom. The number of aliphatic hydroxyl groups excluding tert-OH is 1. The van der Waals surface area contributed by atoms with Crippen molar-refractivity contribution in [3.8, 4) is 0 Å². The Bertz CT molecular complexity index is 364. The number of piperidine rings is 2. The summed E-state index contributed by atoms with van der Waals surface area (Å²) in [7, 11) is 0. The second kappa shape index (κ2) is 4.79. The molecule has 2 heterocycles. The third-order valence-electron chi connectivity index (χ3n) is 4.38. The van der Waals surface area contributed by atoms with E-state index in [1.54, 1.807) is 0 Å². The highest BCUT2D eigenvalue weighted by molar-refractivity contribution is 5.15. The molecule has 3 rings (SSSR count). The first kappa shape index (κ1) is 11.2. The minimum absolute atomic E-state index is 0.102. The normalized spacial score (nSPS) is 33.6. The zero-order chi connectivity index (χ0) is 11.7. The number of fused-ring (bicyclic) bond motifs is 2. The van der Waals surface area contributed by atoms with Gasteiger partial charge in [0.1, 0.15) is 0 Å². The molecule has 0 saturated carbocycles. The molecule has 2 nitrogen and oxygen atoms in total. The molecule has 2 saturated heterocycles. The van der Waals surface area contributed by atoms with Crippen LogP contribution in [0.5, 0.6) is 0 Å². The lowest BCUT2D eigenvalue weighted by Gasteiger charge is -2.48. The van der Waals surface area contributed by atoms with Crippen LogP contribution in [0.15, 0.2) is 30.3 Å². The van der Waals surface area contributed by atoms with Gasteiger partial charge < -0.3 is 5.11 Å². The molecule has 0 aliphatic carbocycles. The van der Waals surface area contributed by atoms with E-state index in [2.05, 4.69) is 35.2 Å². The predicted molar refractivity (Wildman–Crippen MR) is 68.7 cm³/mol. The van der Waals surface area contributed by atoms with Gasteiger partial charge in [-0.15, -0.1) is 0 Å². The van der Waals surface area contributed by atoms with Gasteiger partial charge in [0.25, 0.3) is 0 Å². The van der Waals surface area contributed by atoms with Crippen molar-refractivity contribution in [1.29, 1.82) is 0 Å². The first-order chi connectivity index (χ1) is 8.34. The lowest BCUT2D eigenvalue weighted by atomic mass is 9.82. The molecular formula is C15H21NO. The van der Waals surface area contributed by atoms with Crippen molar-refractivity contribution in [1.82, 2.24) is 4.90 Å². The summed E-state index contributed by atoms with van der Waals surface area (Å²) < 4.78 is 0. The third-order valence-corrected chi connectivity index (χ3v) is 4.38. The molecule has 2 heteroatoms. The van der Waals surface area contributed by atoms with E-state index < -0.39 is 0 Å². The molecule has 1 aromatic rings. The van der Waals surface area contributed by atoms with E-state index in [9.17, 15) is 5.11 Å². The van der Waals surface area contributed by atoms with Gasteiger partial charge in [-0.3, -0.25) is 4.90 Å². The highest BCUT2D eigenvalue weighted by atomic mass is 16.3. The lowest BCUT2D eigenvalue weighted by molar-refractivity contribution is -0.0528. The van der Waals surface area contributed by atoms with Gasteiger partial charge in [-0.1, -0.05) is 36.8 Å². The number of aliphatic hydroxyl groups is 1. The van der Waals surface area contributed by atoms with E-state index in [0.717, 1.165) is 13.0 Å². The van der Waals surface area contributed by atoms with Gasteiger partial charge in [0.2, 0.25) is 0 Å². The van der Waals surface area contributed by atoms with Crippen LogP contribution in [0.1, 0.15) is 37.7 Å². The summed E-state index contributed by atoms with van der Waals surface area (Å²) in [5, 5.41) is 10.1. The Morgan fingerprint density at radius 1 is 1.06 bits per heavy atom. The Morgan fingerprint density at radius 3 is 2.71 bits per heavy atom. The van der Waals surface area contributed by atoms with Crippen molar-refractivity contribution in [3.63, 3.8) is 0 Å². The minimum Gasteiger partial charge on any atom is -0.391 e. The van der Waals surface area contributed by atoms with Crippen LogP contribution >= 0.6 is 0 Å². The van der Waals surface area contributed by atoms with Crippen molar-refractivity contribution in [2.75, 3.05) is 0 Å². The topological polar surface area (TPSA) is 23.5 Å². The van der Waals surface area contributed by atoms with E-state index >= 15 is 0 Å². The summed E-state index contributed by atoms with van der Waals surface area (Å²) in [4.78, 5) is 2.55. The van der Waals surface area contributed by atoms with Crippen molar-refractivity contribution in [2.24, 2.45) is 0 Å². The zero-order valence-electron chi connectivity index (χ0n) is 10.3. The summed E-state index contributed by atoms with van der Waals surface area (Å²) in [6.07, 6.45) is 5.85. The third kappa shape index (κ3) is 2.24. The summed E-state index contributed by atoms with van der Waals surface area (Å²) in [6.45, 7) is 1.01. The van der Waals surface area contributed by atoms with Crippen molar-refractivity contribution in [3.05, 3.63) is 35.9 Å². The summed E-state index contributed by atoms with van der Waals surface area (Å²) in [5.41, 5.74) is 1.37. The van der Waals surface area contributed by atoms with Gasteiger partial charge in [0, 0.05) is 18.6 Å². The quantitative estimate of drug-likeness (QED) is 0.845. The number of hydrogen-bond acceptors (Lipinski definition) is 2. The number of hydrogen-bond donors (Lipinski definition) is 1. The number of rotatable bonds is 2. The molecule has 0 unspecified atom stereocenters. The highest BCUT2D eigenvalue weighted by Crippen LogP contribution is 2.35. The Balaban J connectivity index is 1.77. The molecule has 2 aliphatic heterocycles. The summed E-state index contributed by atoms with van der Waals surface area (Å²) in [5.74, 6) is 0. The fraction of sp³-hybridized carbons (Fsp3) is 0.600. The minimum atomic E-state index is -0.102. The average Bonchev–Trinajstić information content (AvgIpc) is 2.36. The van der Waals surface area contributed by atoms with Gasteiger partial charge in [0.05, 0.1) is 6.10 Å². The smallest absolute Gasteiger partial charge is 0.0696 e. The first-order valence-electron chi connectivity index (χ1n) is 6.82. The molecule has 1 N–H and O–H groups in total. The molecule has 2 bridgehead atoms. The Labute approximate surface area is 103 Å². The van der Waals surface area contributed by atoms with Crippen LogP contribution in [0.25, 0.3) is 0 Å². The van der Waals surface area contributed by atoms with Crippen LogP contribution in [0.3, 0.4) is 0 Å². The van der Waals surface area contributed by atoms with Gasteiger partial charge in [0.15, 0.2) is 0 Å². The van der Waals surface area contributed by atoms with Crippen LogP contribution in [-0.2, 0) is 6.54 Å².